The molecule has 0 amide bonds. The van der Waals surface area contributed by atoms with Crippen LogP contribution in [-0.2, 0) is 6.42 Å². The highest BCUT2D eigenvalue weighted by atomic mass is 35.5. The quantitative estimate of drug-likeness (QED) is 0.334. The average molecular weight is 463 g/mol. The van der Waals surface area contributed by atoms with Gasteiger partial charge >= 0.3 is 0 Å². The van der Waals surface area contributed by atoms with Crippen LogP contribution in [0.3, 0.4) is 0 Å². The van der Waals surface area contributed by atoms with Gasteiger partial charge in [0.25, 0.3) is 0 Å². The minimum absolute atomic E-state index is 0.375. The van der Waals surface area contributed by atoms with Gasteiger partial charge < -0.3 is 15.4 Å². The summed E-state index contributed by atoms with van der Waals surface area (Å²) in [6.07, 6.45) is 7.24. The van der Waals surface area contributed by atoms with E-state index in [4.69, 9.17) is 26.3 Å². The first-order valence-electron chi connectivity index (χ1n) is 11.3. The van der Waals surface area contributed by atoms with Crippen LogP contribution in [0.5, 0.6) is 5.75 Å². The Balaban J connectivity index is 1.39. The minimum atomic E-state index is 0.375. The number of rotatable bonds is 8. The molecular formula is C25H27ClN6O. The monoisotopic (exact) mass is 462 g/mol. The Hall–Kier alpha value is -3.32. The van der Waals surface area contributed by atoms with Crippen molar-refractivity contribution < 1.29 is 4.74 Å². The van der Waals surface area contributed by atoms with E-state index in [0.717, 1.165) is 59.4 Å². The van der Waals surface area contributed by atoms with E-state index in [2.05, 4.69) is 20.2 Å². The van der Waals surface area contributed by atoms with Crippen LogP contribution >= 0.6 is 11.6 Å². The number of benzene rings is 2. The SMILES string of the molecule is COc1ccc(NCCc2ncc3nc(Nc4ccccc4Cl)n(C4CCCC4)c3n2)cc1. The molecule has 1 aliphatic rings. The zero-order valence-corrected chi connectivity index (χ0v) is 19.3. The first-order valence-corrected chi connectivity index (χ1v) is 11.7. The number of para-hydroxylation sites is 1. The van der Waals surface area contributed by atoms with Crippen molar-refractivity contribution in [3.05, 3.63) is 65.6 Å². The number of hydrogen-bond donors (Lipinski definition) is 2. The first kappa shape index (κ1) is 21.5. The zero-order chi connectivity index (χ0) is 22.6. The molecule has 2 aromatic carbocycles. The molecule has 0 aliphatic heterocycles. The lowest BCUT2D eigenvalue weighted by molar-refractivity contribution is 0.415. The summed E-state index contributed by atoms with van der Waals surface area (Å²) in [5.74, 6) is 2.41. The van der Waals surface area contributed by atoms with Gasteiger partial charge in [-0.2, -0.15) is 0 Å². The predicted octanol–water partition coefficient (Wildman–Crippen LogP) is 6.00. The largest absolute Gasteiger partial charge is 0.497 e. The van der Waals surface area contributed by atoms with E-state index in [1.807, 2.05) is 54.7 Å². The Morgan fingerprint density at radius 1 is 1.06 bits per heavy atom. The maximum absolute atomic E-state index is 6.39. The number of nitrogens with zero attached hydrogens (tertiary/aromatic N) is 4. The van der Waals surface area contributed by atoms with Gasteiger partial charge in [-0.1, -0.05) is 36.6 Å². The van der Waals surface area contributed by atoms with Crippen molar-refractivity contribution in [2.24, 2.45) is 0 Å². The molecule has 1 aliphatic carbocycles. The van der Waals surface area contributed by atoms with Crippen molar-refractivity contribution in [1.82, 2.24) is 19.5 Å². The molecule has 8 heteroatoms. The zero-order valence-electron chi connectivity index (χ0n) is 18.6. The number of ether oxygens (including phenoxy) is 1. The van der Waals surface area contributed by atoms with E-state index in [9.17, 15) is 0 Å². The maximum Gasteiger partial charge on any atom is 0.210 e. The third-order valence-electron chi connectivity index (χ3n) is 6.06. The molecule has 1 saturated carbocycles. The van der Waals surface area contributed by atoms with Gasteiger partial charge in [0.2, 0.25) is 5.95 Å². The average Bonchev–Trinajstić information content (AvgIpc) is 3.48. The lowest BCUT2D eigenvalue weighted by atomic mass is 10.2. The van der Waals surface area contributed by atoms with Gasteiger partial charge in [0.15, 0.2) is 5.65 Å². The number of imidazole rings is 1. The van der Waals surface area contributed by atoms with E-state index < -0.39 is 0 Å². The van der Waals surface area contributed by atoms with Crippen molar-refractivity contribution in [3.8, 4) is 5.75 Å². The van der Waals surface area contributed by atoms with E-state index in [1.54, 1.807) is 7.11 Å². The van der Waals surface area contributed by atoms with Gasteiger partial charge in [-0.05, 0) is 49.2 Å². The van der Waals surface area contributed by atoms with Gasteiger partial charge in [0.05, 0.1) is 24.0 Å². The molecule has 0 atom stereocenters. The van der Waals surface area contributed by atoms with Crippen LogP contribution in [0.1, 0.15) is 37.5 Å². The second-order valence-corrected chi connectivity index (χ2v) is 8.66. The molecule has 0 spiro atoms. The van der Waals surface area contributed by atoms with E-state index in [0.29, 0.717) is 17.5 Å². The molecule has 0 bridgehead atoms. The molecule has 2 heterocycles. The summed E-state index contributed by atoms with van der Waals surface area (Å²) in [4.78, 5) is 14.3. The molecule has 0 saturated heterocycles. The lowest BCUT2D eigenvalue weighted by Gasteiger charge is -2.17. The van der Waals surface area contributed by atoms with Crippen LogP contribution in [0.2, 0.25) is 5.02 Å². The Bertz CT molecular complexity index is 1230. The highest BCUT2D eigenvalue weighted by molar-refractivity contribution is 6.33. The van der Waals surface area contributed by atoms with Gasteiger partial charge in [-0.25, -0.2) is 15.0 Å². The molecular weight excluding hydrogens is 436 g/mol. The molecule has 1 fully saturated rings. The molecule has 0 radical (unpaired) electrons. The fraction of sp³-hybridized carbons (Fsp3) is 0.320. The van der Waals surface area contributed by atoms with Crippen molar-refractivity contribution in [1.29, 1.82) is 0 Å². The van der Waals surface area contributed by atoms with Gasteiger partial charge in [-0.3, -0.25) is 4.57 Å². The minimum Gasteiger partial charge on any atom is -0.497 e. The molecule has 170 valence electrons. The molecule has 2 N–H and O–H groups in total. The summed E-state index contributed by atoms with van der Waals surface area (Å²) in [6.45, 7) is 0.736. The normalized spacial score (nSPS) is 14.0. The number of aromatic nitrogens is 4. The van der Waals surface area contributed by atoms with Crippen LogP contribution in [0.4, 0.5) is 17.3 Å². The number of methoxy groups -OCH3 is 1. The Morgan fingerprint density at radius 3 is 2.61 bits per heavy atom. The predicted molar refractivity (Wildman–Crippen MR) is 133 cm³/mol. The van der Waals surface area contributed by atoms with Crippen molar-refractivity contribution in [2.75, 3.05) is 24.3 Å². The number of anilines is 3. The van der Waals surface area contributed by atoms with Crippen molar-refractivity contribution >= 4 is 40.1 Å². The van der Waals surface area contributed by atoms with Crippen molar-refractivity contribution in [2.45, 2.75) is 38.1 Å². The lowest BCUT2D eigenvalue weighted by Crippen LogP contribution is -2.11. The summed E-state index contributed by atoms with van der Waals surface area (Å²) in [6, 6.07) is 16.0. The molecule has 2 aromatic heterocycles. The number of fused-ring (bicyclic) bond motifs is 1. The van der Waals surface area contributed by atoms with Gasteiger partial charge in [0, 0.05) is 24.7 Å². The van der Waals surface area contributed by atoms with Gasteiger partial charge in [0.1, 0.15) is 17.1 Å². The third-order valence-corrected chi connectivity index (χ3v) is 6.39. The molecule has 5 rings (SSSR count). The number of halogens is 1. The smallest absolute Gasteiger partial charge is 0.210 e. The third kappa shape index (κ3) is 4.73. The van der Waals surface area contributed by atoms with Gasteiger partial charge in [-0.15, -0.1) is 0 Å². The van der Waals surface area contributed by atoms with Crippen molar-refractivity contribution in [3.63, 3.8) is 0 Å². The van der Waals surface area contributed by atoms with E-state index >= 15 is 0 Å². The Kier molecular flexibility index (Phi) is 6.30. The van der Waals surface area contributed by atoms with Crippen LogP contribution in [0.15, 0.2) is 54.7 Å². The molecule has 7 nitrogen and oxygen atoms in total. The topological polar surface area (TPSA) is 76.9 Å². The molecule has 33 heavy (non-hydrogen) atoms. The maximum atomic E-state index is 6.39. The number of hydrogen-bond acceptors (Lipinski definition) is 6. The van der Waals surface area contributed by atoms with Crippen LogP contribution in [0.25, 0.3) is 11.2 Å². The Morgan fingerprint density at radius 2 is 1.85 bits per heavy atom. The van der Waals surface area contributed by atoms with E-state index in [-0.39, 0.29) is 0 Å². The number of nitrogens with one attached hydrogen (secondary N) is 2. The Labute approximate surface area is 198 Å². The fourth-order valence-corrected chi connectivity index (χ4v) is 4.54. The van der Waals surface area contributed by atoms with Crippen LogP contribution < -0.4 is 15.4 Å². The first-order chi connectivity index (χ1) is 16.2. The summed E-state index contributed by atoms with van der Waals surface area (Å²) in [5.41, 5.74) is 3.55. The summed E-state index contributed by atoms with van der Waals surface area (Å²) >= 11 is 6.39. The standard InChI is InChI=1S/C25H27ClN6O/c1-33-19-12-10-17(11-13-19)27-15-14-23-28-16-22-24(31-23)32(18-6-2-3-7-18)25(30-22)29-21-9-5-4-8-20(21)26/h4-5,8-13,16,18,27H,2-3,6-7,14-15H2,1H3,(H,29,30). The highest BCUT2D eigenvalue weighted by Gasteiger charge is 2.24. The summed E-state index contributed by atoms with van der Waals surface area (Å²) in [5, 5.41) is 7.52. The highest BCUT2D eigenvalue weighted by Crippen LogP contribution is 2.36. The van der Waals surface area contributed by atoms with Crippen LogP contribution in [-0.4, -0.2) is 33.2 Å². The van der Waals surface area contributed by atoms with Crippen LogP contribution in [0, 0.1) is 0 Å². The summed E-state index contributed by atoms with van der Waals surface area (Å²) in [7, 11) is 1.67. The fourth-order valence-electron chi connectivity index (χ4n) is 4.35. The summed E-state index contributed by atoms with van der Waals surface area (Å²) < 4.78 is 7.46. The molecule has 4 aromatic rings. The second-order valence-electron chi connectivity index (χ2n) is 8.25. The van der Waals surface area contributed by atoms with E-state index in [1.165, 1.54) is 12.8 Å². The molecule has 0 unspecified atom stereocenters. The second kappa shape index (κ2) is 9.67.